The number of benzene rings is 2. The standard InChI is InChI=1S/C22H23N3/c1-2-8-20-18(7-1)22-21(23-20)15-17-14-16(9-10-19(17)24-22)6-5-13-25-11-3-4-12-25/h1-2,7-10,14-15,23H,3-6,11-13H2. The summed E-state index contributed by atoms with van der Waals surface area (Å²) in [4.78, 5) is 11.0. The molecule has 0 radical (unpaired) electrons. The van der Waals surface area contributed by atoms with Crippen LogP contribution in [-0.4, -0.2) is 34.5 Å². The second kappa shape index (κ2) is 6.16. The second-order valence-electron chi connectivity index (χ2n) is 7.23. The highest BCUT2D eigenvalue weighted by molar-refractivity contribution is 6.08. The molecule has 1 saturated heterocycles. The molecule has 0 amide bonds. The molecule has 1 fully saturated rings. The first-order chi connectivity index (χ1) is 12.4. The van der Waals surface area contributed by atoms with Gasteiger partial charge in [0, 0.05) is 16.3 Å². The van der Waals surface area contributed by atoms with Crippen LogP contribution in [0.15, 0.2) is 48.5 Å². The summed E-state index contributed by atoms with van der Waals surface area (Å²) >= 11 is 0. The van der Waals surface area contributed by atoms with Gasteiger partial charge in [-0.25, -0.2) is 4.98 Å². The van der Waals surface area contributed by atoms with E-state index in [9.17, 15) is 0 Å². The van der Waals surface area contributed by atoms with E-state index >= 15 is 0 Å². The molecule has 25 heavy (non-hydrogen) atoms. The maximum Gasteiger partial charge on any atom is 0.0965 e. The van der Waals surface area contributed by atoms with Crippen LogP contribution in [0.25, 0.3) is 32.8 Å². The number of fused-ring (bicyclic) bond motifs is 4. The number of aromatic amines is 1. The zero-order chi connectivity index (χ0) is 16.6. The Labute approximate surface area is 147 Å². The largest absolute Gasteiger partial charge is 0.353 e. The molecule has 126 valence electrons. The van der Waals surface area contributed by atoms with Crippen LogP contribution in [0.3, 0.4) is 0 Å². The zero-order valence-electron chi connectivity index (χ0n) is 14.5. The highest BCUT2D eigenvalue weighted by Gasteiger charge is 2.11. The number of hydrogen-bond donors (Lipinski definition) is 1. The number of likely N-dealkylation sites (tertiary alicyclic amines) is 1. The number of hydrogen-bond acceptors (Lipinski definition) is 2. The molecule has 3 nitrogen and oxygen atoms in total. The van der Waals surface area contributed by atoms with Gasteiger partial charge in [-0.15, -0.1) is 0 Å². The smallest absolute Gasteiger partial charge is 0.0965 e. The monoisotopic (exact) mass is 329 g/mol. The third-order valence-electron chi connectivity index (χ3n) is 5.47. The highest BCUT2D eigenvalue weighted by atomic mass is 15.1. The number of pyridine rings is 1. The van der Waals surface area contributed by atoms with E-state index in [0.717, 1.165) is 28.5 Å². The van der Waals surface area contributed by atoms with Crippen LogP contribution in [-0.2, 0) is 6.42 Å². The quantitative estimate of drug-likeness (QED) is 0.577. The van der Waals surface area contributed by atoms with Crippen LogP contribution in [0.2, 0.25) is 0 Å². The average molecular weight is 329 g/mol. The Morgan fingerprint density at radius 2 is 1.84 bits per heavy atom. The van der Waals surface area contributed by atoms with Crippen molar-refractivity contribution in [2.24, 2.45) is 0 Å². The minimum absolute atomic E-state index is 1.07. The van der Waals surface area contributed by atoms with Crippen molar-refractivity contribution in [3.8, 4) is 0 Å². The molecule has 1 aliphatic heterocycles. The van der Waals surface area contributed by atoms with Gasteiger partial charge >= 0.3 is 0 Å². The van der Waals surface area contributed by atoms with E-state index in [4.69, 9.17) is 4.98 Å². The summed E-state index contributed by atoms with van der Waals surface area (Å²) in [6.07, 6.45) is 5.15. The summed E-state index contributed by atoms with van der Waals surface area (Å²) < 4.78 is 0. The van der Waals surface area contributed by atoms with E-state index in [-0.39, 0.29) is 0 Å². The van der Waals surface area contributed by atoms with Crippen LogP contribution >= 0.6 is 0 Å². The first-order valence-electron chi connectivity index (χ1n) is 9.39. The lowest BCUT2D eigenvalue weighted by Gasteiger charge is -2.14. The molecule has 1 N–H and O–H groups in total. The summed E-state index contributed by atoms with van der Waals surface area (Å²) in [7, 11) is 0. The van der Waals surface area contributed by atoms with E-state index < -0.39 is 0 Å². The molecule has 1 aliphatic rings. The number of H-pyrrole nitrogens is 1. The van der Waals surface area contributed by atoms with Crippen LogP contribution in [0, 0.1) is 0 Å². The van der Waals surface area contributed by atoms with Crippen molar-refractivity contribution in [2.75, 3.05) is 19.6 Å². The predicted molar refractivity (Wildman–Crippen MR) is 105 cm³/mol. The average Bonchev–Trinajstić information content (AvgIpc) is 3.27. The number of nitrogens with zero attached hydrogens (tertiary/aromatic N) is 2. The van der Waals surface area contributed by atoms with E-state index in [0.29, 0.717) is 0 Å². The third-order valence-corrected chi connectivity index (χ3v) is 5.47. The molecular formula is C22H23N3. The maximum absolute atomic E-state index is 4.91. The van der Waals surface area contributed by atoms with E-state index in [1.807, 2.05) is 0 Å². The highest BCUT2D eigenvalue weighted by Crippen LogP contribution is 2.27. The van der Waals surface area contributed by atoms with Gasteiger partial charge in [-0.05, 0) is 75.1 Å². The molecule has 5 rings (SSSR count). The molecule has 0 unspecified atom stereocenters. The molecule has 0 aliphatic carbocycles. The summed E-state index contributed by atoms with van der Waals surface area (Å²) in [5.74, 6) is 0. The Bertz CT molecular complexity index is 1040. The fourth-order valence-corrected chi connectivity index (χ4v) is 4.14. The summed E-state index contributed by atoms with van der Waals surface area (Å²) in [5, 5.41) is 2.44. The van der Waals surface area contributed by atoms with Gasteiger partial charge in [-0.3, -0.25) is 0 Å². The number of nitrogens with one attached hydrogen (secondary N) is 1. The molecule has 3 heterocycles. The van der Waals surface area contributed by atoms with E-state index in [1.54, 1.807) is 0 Å². The van der Waals surface area contributed by atoms with Gasteiger partial charge in [-0.1, -0.05) is 24.3 Å². The Kier molecular flexibility index (Phi) is 3.67. The van der Waals surface area contributed by atoms with Crippen molar-refractivity contribution in [2.45, 2.75) is 25.7 Å². The Morgan fingerprint density at radius 1 is 0.960 bits per heavy atom. The lowest BCUT2D eigenvalue weighted by molar-refractivity contribution is 0.334. The van der Waals surface area contributed by atoms with Crippen LogP contribution < -0.4 is 0 Å². The zero-order valence-corrected chi connectivity index (χ0v) is 14.5. The summed E-state index contributed by atoms with van der Waals surface area (Å²) in [6, 6.07) is 17.4. The number of aromatic nitrogens is 2. The second-order valence-corrected chi connectivity index (χ2v) is 7.23. The molecule has 3 heteroatoms. The Morgan fingerprint density at radius 3 is 2.76 bits per heavy atom. The van der Waals surface area contributed by atoms with Gasteiger partial charge in [0.1, 0.15) is 0 Å². The normalized spacial score (nSPS) is 15.7. The number of aryl methyl sites for hydroxylation is 1. The fourth-order valence-electron chi connectivity index (χ4n) is 4.14. The molecule has 0 bridgehead atoms. The molecule has 0 saturated carbocycles. The SMILES string of the molecule is c1ccc2c(c1)[nH]c1cc3cc(CCCN4CCCC4)ccc3nc12. The van der Waals surface area contributed by atoms with Gasteiger partial charge in [0.25, 0.3) is 0 Å². The lowest BCUT2D eigenvalue weighted by atomic mass is 10.1. The summed E-state index contributed by atoms with van der Waals surface area (Å²) in [5.41, 5.74) is 5.86. The minimum atomic E-state index is 1.07. The first-order valence-corrected chi connectivity index (χ1v) is 9.39. The Balaban J connectivity index is 1.44. The topological polar surface area (TPSA) is 31.9 Å². The van der Waals surface area contributed by atoms with Crippen molar-refractivity contribution >= 4 is 32.8 Å². The van der Waals surface area contributed by atoms with Gasteiger partial charge in [0.2, 0.25) is 0 Å². The lowest BCUT2D eigenvalue weighted by Crippen LogP contribution is -2.20. The van der Waals surface area contributed by atoms with Crippen molar-refractivity contribution < 1.29 is 0 Å². The fraction of sp³-hybridized carbons (Fsp3) is 0.318. The number of rotatable bonds is 4. The van der Waals surface area contributed by atoms with E-state index in [1.165, 1.54) is 55.2 Å². The number of para-hydroxylation sites is 1. The van der Waals surface area contributed by atoms with Gasteiger partial charge in [0.05, 0.1) is 16.6 Å². The van der Waals surface area contributed by atoms with Crippen molar-refractivity contribution in [1.82, 2.24) is 14.9 Å². The van der Waals surface area contributed by atoms with Gasteiger partial charge < -0.3 is 9.88 Å². The van der Waals surface area contributed by atoms with Crippen molar-refractivity contribution in [3.63, 3.8) is 0 Å². The molecule has 2 aromatic heterocycles. The Hall–Kier alpha value is -2.39. The minimum Gasteiger partial charge on any atom is -0.353 e. The van der Waals surface area contributed by atoms with Gasteiger partial charge in [-0.2, -0.15) is 0 Å². The van der Waals surface area contributed by atoms with Crippen molar-refractivity contribution in [1.29, 1.82) is 0 Å². The van der Waals surface area contributed by atoms with E-state index in [2.05, 4.69) is 58.4 Å². The molecule has 4 aromatic rings. The maximum atomic E-state index is 4.91. The van der Waals surface area contributed by atoms with Gasteiger partial charge in [0.15, 0.2) is 0 Å². The summed E-state index contributed by atoms with van der Waals surface area (Å²) in [6.45, 7) is 3.82. The molecule has 2 aromatic carbocycles. The van der Waals surface area contributed by atoms with Crippen LogP contribution in [0.4, 0.5) is 0 Å². The molecule has 0 atom stereocenters. The first kappa shape index (κ1) is 14.9. The van der Waals surface area contributed by atoms with Crippen LogP contribution in [0.1, 0.15) is 24.8 Å². The molecular weight excluding hydrogens is 306 g/mol. The van der Waals surface area contributed by atoms with Crippen LogP contribution in [0.5, 0.6) is 0 Å². The predicted octanol–water partition coefficient (Wildman–Crippen LogP) is 4.90. The van der Waals surface area contributed by atoms with Crippen molar-refractivity contribution in [3.05, 3.63) is 54.1 Å². The third kappa shape index (κ3) is 2.79. The molecule has 0 spiro atoms.